The van der Waals surface area contributed by atoms with Crippen molar-refractivity contribution in [1.29, 1.82) is 0 Å². The Kier molecular flexibility index (Phi) is 3.85. The predicted octanol–water partition coefficient (Wildman–Crippen LogP) is 3.72. The van der Waals surface area contributed by atoms with Crippen LogP contribution in [-0.4, -0.2) is 18.1 Å². The Labute approximate surface area is 113 Å². The van der Waals surface area contributed by atoms with Crippen molar-refractivity contribution in [3.8, 4) is 0 Å². The van der Waals surface area contributed by atoms with Crippen LogP contribution >= 0.6 is 0 Å². The first-order chi connectivity index (χ1) is 9.13. The minimum atomic E-state index is -0.910. The number of rotatable bonds is 4. The lowest BCUT2D eigenvalue weighted by Crippen LogP contribution is -2.13. The number of carboxylic acid groups (broad SMARTS) is 1. The summed E-state index contributed by atoms with van der Waals surface area (Å²) >= 11 is 0. The second-order valence-corrected chi connectivity index (χ2v) is 4.40. The Morgan fingerprint density at radius 3 is 2.32 bits per heavy atom. The lowest BCUT2D eigenvalue weighted by Gasteiger charge is -2.21. The van der Waals surface area contributed by atoms with Crippen LogP contribution in [0.4, 0.5) is 11.4 Å². The SMILES string of the molecule is CCc1ccc(N(C)c2ccccc2C(=O)O)cc1. The van der Waals surface area contributed by atoms with Crippen molar-refractivity contribution in [2.24, 2.45) is 0 Å². The van der Waals surface area contributed by atoms with Crippen LogP contribution in [0.25, 0.3) is 0 Å². The molecule has 1 N–H and O–H groups in total. The summed E-state index contributed by atoms with van der Waals surface area (Å²) < 4.78 is 0. The van der Waals surface area contributed by atoms with E-state index < -0.39 is 5.97 Å². The summed E-state index contributed by atoms with van der Waals surface area (Å²) in [6.45, 7) is 2.11. The molecular formula is C16H17NO2. The fourth-order valence-corrected chi connectivity index (χ4v) is 2.04. The summed E-state index contributed by atoms with van der Waals surface area (Å²) in [6, 6.07) is 15.2. The highest BCUT2D eigenvalue weighted by Crippen LogP contribution is 2.27. The van der Waals surface area contributed by atoms with E-state index in [0.717, 1.165) is 12.1 Å². The Morgan fingerprint density at radius 2 is 1.74 bits per heavy atom. The molecule has 0 unspecified atom stereocenters. The van der Waals surface area contributed by atoms with Crippen molar-refractivity contribution in [2.75, 3.05) is 11.9 Å². The van der Waals surface area contributed by atoms with Crippen LogP contribution in [-0.2, 0) is 6.42 Å². The van der Waals surface area contributed by atoms with Crippen molar-refractivity contribution in [3.05, 3.63) is 59.7 Å². The van der Waals surface area contributed by atoms with Gasteiger partial charge >= 0.3 is 5.97 Å². The zero-order chi connectivity index (χ0) is 13.8. The average molecular weight is 255 g/mol. The first kappa shape index (κ1) is 13.1. The Hall–Kier alpha value is -2.29. The van der Waals surface area contributed by atoms with Gasteiger partial charge in [-0.1, -0.05) is 31.2 Å². The van der Waals surface area contributed by atoms with E-state index in [0.29, 0.717) is 11.3 Å². The van der Waals surface area contributed by atoms with Crippen molar-refractivity contribution in [3.63, 3.8) is 0 Å². The van der Waals surface area contributed by atoms with Gasteiger partial charge in [-0.3, -0.25) is 0 Å². The first-order valence-electron chi connectivity index (χ1n) is 6.28. The van der Waals surface area contributed by atoms with Gasteiger partial charge in [-0.2, -0.15) is 0 Å². The van der Waals surface area contributed by atoms with E-state index in [2.05, 4.69) is 19.1 Å². The standard InChI is InChI=1S/C16H17NO2/c1-3-12-8-10-13(11-9-12)17(2)15-7-5-4-6-14(15)16(18)19/h4-11H,3H2,1-2H3,(H,18,19). The number of aromatic carboxylic acids is 1. The summed E-state index contributed by atoms with van der Waals surface area (Å²) in [5, 5.41) is 9.22. The summed E-state index contributed by atoms with van der Waals surface area (Å²) in [4.78, 5) is 13.1. The number of para-hydroxylation sites is 1. The third-order valence-electron chi connectivity index (χ3n) is 3.23. The summed E-state index contributed by atoms with van der Waals surface area (Å²) in [7, 11) is 1.88. The molecule has 0 aliphatic carbocycles. The van der Waals surface area contributed by atoms with Crippen LogP contribution in [0, 0.1) is 0 Å². The van der Waals surface area contributed by atoms with Crippen LogP contribution in [0.15, 0.2) is 48.5 Å². The number of nitrogens with zero attached hydrogens (tertiary/aromatic N) is 1. The normalized spacial score (nSPS) is 10.2. The average Bonchev–Trinajstić information content (AvgIpc) is 2.46. The summed E-state index contributed by atoms with van der Waals surface area (Å²) in [5.74, 6) is -0.910. The fourth-order valence-electron chi connectivity index (χ4n) is 2.04. The molecule has 0 saturated heterocycles. The first-order valence-corrected chi connectivity index (χ1v) is 6.28. The number of hydrogen-bond acceptors (Lipinski definition) is 2. The van der Waals surface area contributed by atoms with Gasteiger partial charge < -0.3 is 10.0 Å². The van der Waals surface area contributed by atoms with Crippen LogP contribution < -0.4 is 4.90 Å². The molecule has 0 amide bonds. The molecule has 0 bridgehead atoms. The maximum absolute atomic E-state index is 11.2. The van der Waals surface area contributed by atoms with Gasteiger partial charge in [0, 0.05) is 12.7 Å². The van der Waals surface area contributed by atoms with E-state index >= 15 is 0 Å². The Balaban J connectivity index is 2.37. The number of carbonyl (C=O) groups is 1. The van der Waals surface area contributed by atoms with E-state index in [1.807, 2.05) is 36.2 Å². The molecule has 0 spiro atoms. The van der Waals surface area contributed by atoms with Crippen molar-refractivity contribution in [2.45, 2.75) is 13.3 Å². The Morgan fingerprint density at radius 1 is 1.11 bits per heavy atom. The van der Waals surface area contributed by atoms with Gasteiger partial charge in [0.2, 0.25) is 0 Å². The van der Waals surface area contributed by atoms with E-state index in [9.17, 15) is 9.90 Å². The molecule has 2 aromatic carbocycles. The smallest absolute Gasteiger partial charge is 0.337 e. The number of anilines is 2. The highest BCUT2D eigenvalue weighted by Gasteiger charge is 2.13. The molecule has 0 fully saturated rings. The summed E-state index contributed by atoms with van der Waals surface area (Å²) in [5.41, 5.74) is 3.25. The lowest BCUT2D eigenvalue weighted by atomic mass is 10.1. The molecule has 19 heavy (non-hydrogen) atoms. The van der Waals surface area contributed by atoms with E-state index in [1.165, 1.54) is 5.56 Å². The molecule has 3 heteroatoms. The minimum absolute atomic E-state index is 0.310. The van der Waals surface area contributed by atoms with Crippen LogP contribution in [0.3, 0.4) is 0 Å². The Bertz CT molecular complexity index is 576. The quantitative estimate of drug-likeness (QED) is 0.905. The van der Waals surface area contributed by atoms with E-state index in [1.54, 1.807) is 12.1 Å². The molecule has 0 atom stereocenters. The van der Waals surface area contributed by atoms with Crippen LogP contribution in [0.5, 0.6) is 0 Å². The highest BCUT2D eigenvalue weighted by atomic mass is 16.4. The van der Waals surface area contributed by atoms with Gasteiger partial charge in [0.05, 0.1) is 11.3 Å². The largest absolute Gasteiger partial charge is 0.478 e. The van der Waals surface area contributed by atoms with Crippen molar-refractivity contribution in [1.82, 2.24) is 0 Å². The topological polar surface area (TPSA) is 40.5 Å². The van der Waals surface area contributed by atoms with E-state index in [-0.39, 0.29) is 0 Å². The van der Waals surface area contributed by atoms with Gasteiger partial charge in [-0.25, -0.2) is 4.79 Å². The molecule has 0 aromatic heterocycles. The zero-order valence-electron chi connectivity index (χ0n) is 11.1. The van der Waals surface area contributed by atoms with Gasteiger partial charge in [0.25, 0.3) is 0 Å². The maximum Gasteiger partial charge on any atom is 0.337 e. The van der Waals surface area contributed by atoms with Gasteiger partial charge in [-0.05, 0) is 36.2 Å². The molecule has 0 aliphatic heterocycles. The van der Waals surface area contributed by atoms with Gasteiger partial charge in [0.1, 0.15) is 0 Å². The molecule has 98 valence electrons. The molecule has 0 aliphatic rings. The molecule has 0 heterocycles. The van der Waals surface area contributed by atoms with Crippen LogP contribution in [0.1, 0.15) is 22.8 Å². The number of hydrogen-bond donors (Lipinski definition) is 1. The lowest BCUT2D eigenvalue weighted by molar-refractivity contribution is 0.0697. The molecular weight excluding hydrogens is 238 g/mol. The molecule has 3 nitrogen and oxygen atoms in total. The number of carboxylic acids is 1. The zero-order valence-corrected chi connectivity index (χ0v) is 11.1. The molecule has 2 rings (SSSR count). The highest BCUT2D eigenvalue weighted by molar-refractivity contribution is 5.95. The third kappa shape index (κ3) is 2.76. The van der Waals surface area contributed by atoms with Gasteiger partial charge in [-0.15, -0.1) is 0 Å². The fraction of sp³-hybridized carbons (Fsp3) is 0.188. The van der Waals surface area contributed by atoms with Crippen LogP contribution in [0.2, 0.25) is 0 Å². The molecule has 0 radical (unpaired) electrons. The number of aryl methyl sites for hydroxylation is 1. The second-order valence-electron chi connectivity index (χ2n) is 4.40. The van der Waals surface area contributed by atoms with Gasteiger partial charge in [0.15, 0.2) is 0 Å². The van der Waals surface area contributed by atoms with E-state index in [4.69, 9.17) is 0 Å². The summed E-state index contributed by atoms with van der Waals surface area (Å²) in [6.07, 6.45) is 0.996. The monoisotopic (exact) mass is 255 g/mol. The van der Waals surface area contributed by atoms with Crippen molar-refractivity contribution < 1.29 is 9.90 Å². The third-order valence-corrected chi connectivity index (χ3v) is 3.23. The molecule has 0 saturated carbocycles. The maximum atomic E-state index is 11.2. The van der Waals surface area contributed by atoms with Crippen molar-refractivity contribution >= 4 is 17.3 Å². The number of benzene rings is 2. The molecule has 2 aromatic rings. The minimum Gasteiger partial charge on any atom is -0.478 e. The second kappa shape index (κ2) is 5.57. The predicted molar refractivity (Wildman–Crippen MR) is 77.3 cm³/mol.